The Morgan fingerprint density at radius 2 is 2.13 bits per heavy atom. The lowest BCUT2D eigenvalue weighted by Gasteiger charge is -2.25. The Labute approximate surface area is 180 Å². The van der Waals surface area contributed by atoms with Crippen LogP contribution in [0.3, 0.4) is 0 Å². The average Bonchev–Trinajstić information content (AvgIpc) is 3.44. The number of benzene rings is 1. The van der Waals surface area contributed by atoms with Crippen LogP contribution in [0.1, 0.15) is 42.3 Å². The van der Waals surface area contributed by atoms with E-state index >= 15 is 0 Å². The first-order valence-electron chi connectivity index (χ1n) is 10.2. The van der Waals surface area contributed by atoms with Crippen LogP contribution in [0, 0.1) is 6.92 Å². The van der Waals surface area contributed by atoms with Gasteiger partial charge in [0, 0.05) is 35.9 Å². The lowest BCUT2D eigenvalue weighted by Crippen LogP contribution is -2.31. The normalized spacial score (nSPS) is 15.9. The van der Waals surface area contributed by atoms with E-state index in [0.29, 0.717) is 6.42 Å². The number of nitrogens with zero attached hydrogens (tertiary/aromatic N) is 3. The number of rotatable bonds is 7. The first-order valence-corrected chi connectivity index (χ1v) is 11.1. The molecule has 2 aromatic heterocycles. The van der Waals surface area contributed by atoms with Crippen molar-refractivity contribution in [3.05, 3.63) is 64.9 Å². The minimum absolute atomic E-state index is 0.0325. The summed E-state index contributed by atoms with van der Waals surface area (Å²) in [7, 11) is 1.66. The number of aryl methyl sites for hydroxylation is 2. The van der Waals surface area contributed by atoms with Gasteiger partial charge in [-0.2, -0.15) is 0 Å². The van der Waals surface area contributed by atoms with Crippen molar-refractivity contribution in [1.29, 1.82) is 0 Å². The highest BCUT2D eigenvalue weighted by Crippen LogP contribution is 2.33. The lowest BCUT2D eigenvalue weighted by atomic mass is 10.1. The van der Waals surface area contributed by atoms with Crippen molar-refractivity contribution < 1.29 is 9.53 Å². The number of hydrogen-bond donors (Lipinski definition) is 1. The highest BCUT2D eigenvalue weighted by molar-refractivity contribution is 7.13. The van der Waals surface area contributed by atoms with E-state index < -0.39 is 0 Å². The predicted molar refractivity (Wildman–Crippen MR) is 119 cm³/mol. The summed E-state index contributed by atoms with van der Waals surface area (Å²) < 4.78 is 5.20. The van der Waals surface area contributed by atoms with Gasteiger partial charge in [-0.3, -0.25) is 9.78 Å². The van der Waals surface area contributed by atoms with Crippen LogP contribution in [0.4, 0.5) is 10.8 Å². The van der Waals surface area contributed by atoms with E-state index in [9.17, 15) is 4.79 Å². The molecule has 1 N–H and O–H groups in total. The number of carbonyl (C=O) groups is 1. The molecule has 1 fully saturated rings. The molecule has 1 amide bonds. The molecule has 3 aromatic rings. The molecular weight excluding hydrogens is 396 g/mol. The Kier molecular flexibility index (Phi) is 6.28. The minimum Gasteiger partial charge on any atom is -0.497 e. The van der Waals surface area contributed by atoms with E-state index in [0.717, 1.165) is 59.3 Å². The van der Waals surface area contributed by atoms with Crippen LogP contribution in [-0.2, 0) is 11.2 Å². The molecule has 1 aliphatic rings. The van der Waals surface area contributed by atoms with Gasteiger partial charge < -0.3 is 15.0 Å². The molecule has 4 rings (SSSR count). The van der Waals surface area contributed by atoms with Gasteiger partial charge in [0.15, 0.2) is 5.13 Å². The van der Waals surface area contributed by atoms with E-state index in [2.05, 4.69) is 10.3 Å². The van der Waals surface area contributed by atoms with Gasteiger partial charge in [0.25, 0.3) is 0 Å². The van der Waals surface area contributed by atoms with Crippen molar-refractivity contribution in [2.75, 3.05) is 19.0 Å². The maximum atomic E-state index is 13.0. The van der Waals surface area contributed by atoms with Gasteiger partial charge in [-0.25, -0.2) is 4.98 Å². The second-order valence-electron chi connectivity index (χ2n) is 7.48. The van der Waals surface area contributed by atoms with Crippen LogP contribution in [0.2, 0.25) is 0 Å². The van der Waals surface area contributed by atoms with Gasteiger partial charge in [-0.1, -0.05) is 12.1 Å². The summed E-state index contributed by atoms with van der Waals surface area (Å²) in [4.78, 5) is 24.0. The molecule has 1 atom stereocenters. The molecule has 1 aliphatic heterocycles. The molecule has 0 radical (unpaired) electrons. The number of nitrogens with one attached hydrogen (secondary N) is 1. The van der Waals surface area contributed by atoms with Crippen LogP contribution < -0.4 is 10.1 Å². The Balaban J connectivity index is 1.44. The fraction of sp³-hybridized carbons (Fsp3) is 0.348. The summed E-state index contributed by atoms with van der Waals surface area (Å²) in [6, 6.07) is 12.0. The summed E-state index contributed by atoms with van der Waals surface area (Å²) in [5.74, 6) is 1.02. The summed E-state index contributed by atoms with van der Waals surface area (Å²) in [6.45, 7) is 2.78. The van der Waals surface area contributed by atoms with Crippen molar-refractivity contribution in [1.82, 2.24) is 14.9 Å². The molecule has 0 bridgehead atoms. The molecule has 156 valence electrons. The number of pyridine rings is 1. The number of likely N-dealkylation sites (tertiary alicyclic amines) is 1. The van der Waals surface area contributed by atoms with E-state index in [-0.39, 0.29) is 11.9 Å². The van der Waals surface area contributed by atoms with Crippen molar-refractivity contribution in [3.8, 4) is 5.75 Å². The number of aromatic nitrogens is 2. The third-order valence-corrected chi connectivity index (χ3v) is 6.05. The first-order chi connectivity index (χ1) is 14.6. The van der Waals surface area contributed by atoms with E-state index in [4.69, 9.17) is 9.72 Å². The zero-order valence-electron chi connectivity index (χ0n) is 17.3. The van der Waals surface area contributed by atoms with Gasteiger partial charge in [0.05, 0.1) is 18.8 Å². The number of hydrogen-bond acceptors (Lipinski definition) is 6. The van der Waals surface area contributed by atoms with Crippen LogP contribution in [-0.4, -0.2) is 34.4 Å². The Hall–Kier alpha value is -2.93. The standard InChI is InChI=1S/C23H26N4O2S/c1-16-14-18(26-23-24-11-13-30-23)15-20(25-16)21-4-3-12-27(21)22(28)10-7-17-5-8-19(29-2)9-6-17/h5-6,8-9,11,13-15,21H,3-4,7,10,12H2,1-2H3,(H,24,25,26)/t21-/m1/s1. The Morgan fingerprint density at radius 1 is 1.30 bits per heavy atom. The third-order valence-electron chi connectivity index (χ3n) is 5.36. The molecule has 0 saturated carbocycles. The zero-order chi connectivity index (χ0) is 20.9. The number of carbonyl (C=O) groups excluding carboxylic acids is 1. The summed E-state index contributed by atoms with van der Waals surface area (Å²) in [5.41, 5.74) is 3.99. The zero-order valence-corrected chi connectivity index (χ0v) is 18.1. The maximum Gasteiger partial charge on any atom is 0.223 e. The van der Waals surface area contributed by atoms with Gasteiger partial charge in [-0.15, -0.1) is 11.3 Å². The lowest BCUT2D eigenvalue weighted by molar-refractivity contribution is -0.132. The van der Waals surface area contributed by atoms with Crippen LogP contribution in [0.15, 0.2) is 48.0 Å². The summed E-state index contributed by atoms with van der Waals surface area (Å²) in [6.07, 6.45) is 4.95. The fourth-order valence-electron chi connectivity index (χ4n) is 3.91. The molecule has 1 aromatic carbocycles. The SMILES string of the molecule is COc1ccc(CCC(=O)N2CCC[C@@H]2c2cc(Nc3nccs3)cc(C)n2)cc1. The highest BCUT2D eigenvalue weighted by Gasteiger charge is 2.31. The topological polar surface area (TPSA) is 67.3 Å². The van der Waals surface area contributed by atoms with Crippen molar-refractivity contribution in [2.45, 2.75) is 38.6 Å². The van der Waals surface area contributed by atoms with Crippen molar-refractivity contribution >= 4 is 28.1 Å². The van der Waals surface area contributed by atoms with E-state index in [1.54, 1.807) is 24.6 Å². The van der Waals surface area contributed by atoms with Crippen LogP contribution in [0.25, 0.3) is 0 Å². The molecule has 0 unspecified atom stereocenters. The number of thiazole rings is 1. The van der Waals surface area contributed by atoms with E-state index in [1.165, 1.54) is 0 Å². The maximum absolute atomic E-state index is 13.0. The summed E-state index contributed by atoms with van der Waals surface area (Å²) in [5, 5.41) is 6.14. The van der Waals surface area contributed by atoms with Crippen molar-refractivity contribution in [2.24, 2.45) is 0 Å². The molecule has 0 spiro atoms. The molecular formula is C23H26N4O2S. The number of methoxy groups -OCH3 is 1. The van der Waals surface area contributed by atoms with Gasteiger partial charge in [0.2, 0.25) is 5.91 Å². The van der Waals surface area contributed by atoms with Gasteiger partial charge in [0.1, 0.15) is 5.75 Å². The monoisotopic (exact) mass is 422 g/mol. The molecule has 7 heteroatoms. The molecule has 3 heterocycles. The molecule has 6 nitrogen and oxygen atoms in total. The molecule has 1 saturated heterocycles. The second kappa shape index (κ2) is 9.26. The average molecular weight is 423 g/mol. The minimum atomic E-state index is 0.0325. The molecule has 0 aliphatic carbocycles. The first kappa shape index (κ1) is 20.3. The molecule has 30 heavy (non-hydrogen) atoms. The number of ether oxygens (including phenoxy) is 1. The Morgan fingerprint density at radius 3 is 2.87 bits per heavy atom. The van der Waals surface area contributed by atoms with Gasteiger partial charge >= 0.3 is 0 Å². The third kappa shape index (κ3) is 4.79. The fourth-order valence-corrected chi connectivity index (χ4v) is 4.45. The second-order valence-corrected chi connectivity index (χ2v) is 8.37. The van der Waals surface area contributed by atoms with E-state index in [1.807, 2.05) is 53.6 Å². The van der Waals surface area contributed by atoms with Crippen LogP contribution >= 0.6 is 11.3 Å². The quantitative estimate of drug-likeness (QED) is 0.587. The van der Waals surface area contributed by atoms with Crippen LogP contribution in [0.5, 0.6) is 5.75 Å². The smallest absolute Gasteiger partial charge is 0.223 e. The van der Waals surface area contributed by atoms with Gasteiger partial charge in [-0.05, 0) is 56.0 Å². The predicted octanol–water partition coefficient (Wildman–Crippen LogP) is 4.90. The number of anilines is 2. The Bertz CT molecular complexity index is 989. The number of amides is 1. The summed E-state index contributed by atoms with van der Waals surface area (Å²) >= 11 is 1.56. The largest absolute Gasteiger partial charge is 0.497 e. The highest BCUT2D eigenvalue weighted by atomic mass is 32.1. The van der Waals surface area contributed by atoms with Crippen molar-refractivity contribution in [3.63, 3.8) is 0 Å².